The Labute approximate surface area is 250 Å². The van der Waals surface area contributed by atoms with Crippen molar-refractivity contribution in [2.45, 2.75) is 38.6 Å². The lowest BCUT2D eigenvalue weighted by molar-refractivity contribution is 0.0952. The minimum Gasteiger partial charge on any atom is -0.497 e. The molecule has 220 valence electrons. The first-order valence-electron chi connectivity index (χ1n) is 14.8. The zero-order valence-corrected chi connectivity index (χ0v) is 24.6. The summed E-state index contributed by atoms with van der Waals surface area (Å²) in [6.45, 7) is 1.62. The number of carbonyl (C=O) groups is 1. The van der Waals surface area contributed by atoms with Gasteiger partial charge in [-0.2, -0.15) is 0 Å². The van der Waals surface area contributed by atoms with Crippen molar-refractivity contribution in [2.75, 3.05) is 32.6 Å². The molecule has 0 unspecified atom stereocenters. The Morgan fingerprint density at radius 2 is 1.67 bits per heavy atom. The number of pyridine rings is 2. The van der Waals surface area contributed by atoms with Gasteiger partial charge >= 0.3 is 0 Å². The van der Waals surface area contributed by atoms with E-state index in [1.165, 1.54) is 11.3 Å². The van der Waals surface area contributed by atoms with Crippen LogP contribution in [0.25, 0.3) is 21.8 Å². The van der Waals surface area contributed by atoms with Crippen LogP contribution >= 0.6 is 0 Å². The lowest BCUT2D eigenvalue weighted by Crippen LogP contribution is -2.31. The number of benzene rings is 3. The van der Waals surface area contributed by atoms with Gasteiger partial charge < -0.3 is 24.7 Å². The first-order chi connectivity index (χ1) is 21.1. The molecule has 3 aromatic carbocycles. The number of rotatable bonds is 10. The van der Waals surface area contributed by atoms with E-state index in [1.807, 2.05) is 65.2 Å². The van der Waals surface area contributed by atoms with E-state index >= 15 is 0 Å². The van der Waals surface area contributed by atoms with E-state index in [-0.39, 0.29) is 16.9 Å². The van der Waals surface area contributed by atoms with Crippen molar-refractivity contribution >= 4 is 33.4 Å². The van der Waals surface area contributed by atoms with Gasteiger partial charge in [0, 0.05) is 48.0 Å². The number of para-hydroxylation sites is 1. The van der Waals surface area contributed by atoms with Crippen LogP contribution in [0.4, 0.5) is 5.69 Å². The summed E-state index contributed by atoms with van der Waals surface area (Å²) >= 11 is 0. The number of ether oxygens (including phenoxy) is 2. The second kappa shape index (κ2) is 12.6. The third-order valence-corrected chi connectivity index (χ3v) is 8.15. The number of hydrogen-bond donors (Lipinski definition) is 2. The molecule has 2 N–H and O–H groups in total. The maximum Gasteiger partial charge on any atom is 0.256 e. The quantitative estimate of drug-likeness (QED) is 0.206. The highest BCUT2D eigenvalue weighted by molar-refractivity contribution is 5.97. The molecule has 0 spiro atoms. The third-order valence-electron chi connectivity index (χ3n) is 8.15. The molecule has 1 amide bonds. The number of aryl methyl sites for hydroxylation is 1. The minimum absolute atomic E-state index is 0.140. The maximum atomic E-state index is 13.3. The molecule has 6 rings (SSSR count). The van der Waals surface area contributed by atoms with E-state index in [2.05, 4.69) is 10.6 Å². The summed E-state index contributed by atoms with van der Waals surface area (Å²) in [6.07, 6.45) is 6.66. The summed E-state index contributed by atoms with van der Waals surface area (Å²) in [5.74, 6) is 1.21. The molecule has 8 nitrogen and oxygen atoms in total. The normalized spacial score (nSPS) is 12.6. The molecular weight excluding hydrogens is 540 g/mol. The molecule has 0 saturated heterocycles. The average molecular weight is 577 g/mol. The Bertz CT molecular complexity index is 1850. The summed E-state index contributed by atoms with van der Waals surface area (Å²) in [6, 6.07) is 21.2. The predicted octanol–water partition coefficient (Wildman–Crippen LogP) is 5.73. The summed E-state index contributed by atoms with van der Waals surface area (Å²) < 4.78 is 12.7. The van der Waals surface area contributed by atoms with Crippen LogP contribution in [0, 0.1) is 0 Å². The number of nitrogens with one attached hydrogen (secondary N) is 2. The molecule has 1 aliphatic rings. The van der Waals surface area contributed by atoms with Gasteiger partial charge in [-0.1, -0.05) is 24.3 Å². The molecule has 43 heavy (non-hydrogen) atoms. The Morgan fingerprint density at radius 3 is 2.49 bits per heavy atom. The Kier molecular flexibility index (Phi) is 8.27. The van der Waals surface area contributed by atoms with Gasteiger partial charge in [-0.15, -0.1) is 0 Å². The van der Waals surface area contributed by atoms with Crippen LogP contribution in [0.2, 0.25) is 0 Å². The van der Waals surface area contributed by atoms with Crippen LogP contribution in [0.3, 0.4) is 0 Å². The number of fused-ring (bicyclic) bond motifs is 3. The second-order valence-electron chi connectivity index (χ2n) is 10.9. The van der Waals surface area contributed by atoms with Crippen LogP contribution < -0.4 is 25.5 Å². The van der Waals surface area contributed by atoms with Crippen molar-refractivity contribution in [2.24, 2.45) is 0 Å². The van der Waals surface area contributed by atoms with Gasteiger partial charge in [-0.3, -0.25) is 14.6 Å². The standard InChI is InChI=1S/C35H36N4O4/c1-42-24-14-12-23(13-15-24)21-39-22-29(34(40)27-9-4-6-11-32(27)39)35(41)37-19-7-18-36-33-26-8-3-5-10-30(26)38-31-17-16-25(43-2)20-28(31)33/h4,6,9,11-17,20,22H,3,5,7-8,10,18-19,21H2,1-2H3,(H,36,38)(H,37,41). The summed E-state index contributed by atoms with van der Waals surface area (Å²) in [5.41, 5.74) is 6.22. The van der Waals surface area contributed by atoms with Crippen molar-refractivity contribution in [3.05, 3.63) is 106 Å². The number of carbonyl (C=O) groups excluding carboxylic acids is 1. The molecule has 2 aromatic heterocycles. The molecule has 5 aromatic rings. The maximum absolute atomic E-state index is 13.3. The van der Waals surface area contributed by atoms with E-state index in [1.54, 1.807) is 26.5 Å². The molecule has 0 bridgehead atoms. The fraction of sp³-hybridized carbons (Fsp3) is 0.286. The number of hydrogen-bond acceptors (Lipinski definition) is 6. The highest BCUT2D eigenvalue weighted by atomic mass is 16.5. The molecule has 2 heterocycles. The fourth-order valence-corrected chi connectivity index (χ4v) is 5.90. The minimum atomic E-state index is -0.365. The molecule has 0 radical (unpaired) electrons. The van der Waals surface area contributed by atoms with Crippen molar-refractivity contribution in [1.29, 1.82) is 0 Å². The Hall–Kier alpha value is -4.85. The lowest BCUT2D eigenvalue weighted by atomic mass is 9.92. The molecule has 0 aliphatic heterocycles. The van der Waals surface area contributed by atoms with Gasteiger partial charge in [-0.05, 0) is 85.7 Å². The van der Waals surface area contributed by atoms with Crippen LogP contribution in [-0.4, -0.2) is 42.8 Å². The monoisotopic (exact) mass is 576 g/mol. The van der Waals surface area contributed by atoms with Crippen LogP contribution in [0.5, 0.6) is 11.5 Å². The van der Waals surface area contributed by atoms with Gasteiger partial charge in [0.1, 0.15) is 17.1 Å². The molecule has 8 heteroatoms. The first-order valence-corrected chi connectivity index (χ1v) is 14.8. The topological polar surface area (TPSA) is 94.5 Å². The van der Waals surface area contributed by atoms with Crippen LogP contribution in [-0.2, 0) is 19.4 Å². The third kappa shape index (κ3) is 5.91. The lowest BCUT2D eigenvalue weighted by Gasteiger charge is -2.22. The molecular formula is C35H36N4O4. The number of amides is 1. The van der Waals surface area contributed by atoms with Gasteiger partial charge in [0.05, 0.1) is 25.3 Å². The van der Waals surface area contributed by atoms with E-state index in [9.17, 15) is 9.59 Å². The Balaban J connectivity index is 1.16. The number of nitrogens with zero attached hydrogens (tertiary/aromatic N) is 2. The van der Waals surface area contributed by atoms with E-state index < -0.39 is 0 Å². The first kappa shape index (κ1) is 28.3. The van der Waals surface area contributed by atoms with Crippen molar-refractivity contribution in [3.8, 4) is 11.5 Å². The zero-order valence-electron chi connectivity index (χ0n) is 24.6. The average Bonchev–Trinajstić information content (AvgIpc) is 3.05. The summed E-state index contributed by atoms with van der Waals surface area (Å²) in [5, 5.41) is 8.19. The highest BCUT2D eigenvalue weighted by Crippen LogP contribution is 2.35. The summed E-state index contributed by atoms with van der Waals surface area (Å²) in [4.78, 5) is 31.5. The number of methoxy groups -OCH3 is 2. The summed E-state index contributed by atoms with van der Waals surface area (Å²) in [7, 11) is 3.31. The van der Waals surface area contributed by atoms with Gasteiger partial charge in [-0.25, -0.2) is 0 Å². The highest BCUT2D eigenvalue weighted by Gasteiger charge is 2.19. The van der Waals surface area contributed by atoms with E-state index in [4.69, 9.17) is 14.5 Å². The molecule has 0 saturated carbocycles. The van der Waals surface area contributed by atoms with Gasteiger partial charge in [0.15, 0.2) is 0 Å². The smallest absolute Gasteiger partial charge is 0.256 e. The zero-order chi connectivity index (χ0) is 29.8. The van der Waals surface area contributed by atoms with Crippen LogP contribution in [0.15, 0.2) is 77.7 Å². The largest absolute Gasteiger partial charge is 0.497 e. The van der Waals surface area contributed by atoms with Crippen molar-refractivity contribution in [3.63, 3.8) is 0 Å². The molecule has 0 atom stereocenters. The SMILES string of the molecule is COc1ccc(Cn2cc(C(=O)NCCCNc3c4c(nc5ccc(OC)cc35)CCCC4)c(=O)c3ccccc32)cc1. The van der Waals surface area contributed by atoms with Crippen LogP contribution in [0.1, 0.15) is 46.4 Å². The van der Waals surface area contributed by atoms with Crippen molar-refractivity contribution in [1.82, 2.24) is 14.9 Å². The number of anilines is 1. The van der Waals surface area contributed by atoms with Gasteiger partial charge in [0.2, 0.25) is 5.43 Å². The van der Waals surface area contributed by atoms with E-state index in [0.29, 0.717) is 31.4 Å². The van der Waals surface area contributed by atoms with Crippen molar-refractivity contribution < 1.29 is 14.3 Å². The van der Waals surface area contributed by atoms with Gasteiger partial charge in [0.25, 0.3) is 5.91 Å². The fourth-order valence-electron chi connectivity index (χ4n) is 5.90. The molecule has 0 fully saturated rings. The molecule has 1 aliphatic carbocycles. The Morgan fingerprint density at radius 1 is 0.907 bits per heavy atom. The predicted molar refractivity (Wildman–Crippen MR) is 171 cm³/mol. The number of aromatic nitrogens is 2. The van der Waals surface area contributed by atoms with E-state index in [0.717, 1.165) is 64.9 Å². The second-order valence-corrected chi connectivity index (χ2v) is 10.9.